The van der Waals surface area contributed by atoms with Gasteiger partial charge in [-0.15, -0.1) is 0 Å². The Morgan fingerprint density at radius 1 is 1.19 bits per heavy atom. The van der Waals surface area contributed by atoms with Crippen molar-refractivity contribution >= 4 is 0 Å². The fourth-order valence-corrected chi connectivity index (χ4v) is 2.56. The third kappa shape index (κ3) is 4.81. The van der Waals surface area contributed by atoms with E-state index in [0.717, 1.165) is 6.42 Å². The van der Waals surface area contributed by atoms with Gasteiger partial charge in [0, 0.05) is 12.6 Å². The zero-order valence-electron chi connectivity index (χ0n) is 10.9. The molecule has 2 unspecified atom stereocenters. The van der Waals surface area contributed by atoms with Crippen LogP contribution >= 0.6 is 0 Å². The van der Waals surface area contributed by atoms with Crippen molar-refractivity contribution in [2.24, 2.45) is 5.73 Å². The molecular weight excluding hydrogens is 200 g/mol. The number of rotatable bonds is 4. The Morgan fingerprint density at radius 3 is 2.19 bits per heavy atom. The average molecular weight is 228 g/mol. The van der Waals surface area contributed by atoms with Gasteiger partial charge in [0.1, 0.15) is 0 Å². The highest BCUT2D eigenvalue weighted by Gasteiger charge is 2.25. The van der Waals surface area contributed by atoms with Gasteiger partial charge in [0.2, 0.25) is 0 Å². The number of hydrogen-bond donors (Lipinski definition) is 2. The molecule has 0 amide bonds. The largest absolute Gasteiger partial charge is 0.389 e. The summed E-state index contributed by atoms with van der Waals surface area (Å²) in [4.78, 5) is 2.52. The van der Waals surface area contributed by atoms with E-state index in [1.807, 2.05) is 6.92 Å². The van der Waals surface area contributed by atoms with Gasteiger partial charge in [-0.3, -0.25) is 0 Å². The Kier molecular flexibility index (Phi) is 5.73. The second-order valence-corrected chi connectivity index (χ2v) is 5.56. The first-order chi connectivity index (χ1) is 7.55. The first kappa shape index (κ1) is 13.9. The first-order valence-electron chi connectivity index (χ1n) is 6.72. The van der Waals surface area contributed by atoms with E-state index < -0.39 is 5.60 Å². The number of aliphatic hydroxyl groups is 1. The van der Waals surface area contributed by atoms with Gasteiger partial charge < -0.3 is 15.7 Å². The van der Waals surface area contributed by atoms with E-state index in [4.69, 9.17) is 5.73 Å². The summed E-state index contributed by atoms with van der Waals surface area (Å²) in [6, 6.07) is 0.441. The molecule has 1 saturated heterocycles. The van der Waals surface area contributed by atoms with Crippen molar-refractivity contribution in [3.8, 4) is 0 Å². The van der Waals surface area contributed by atoms with Gasteiger partial charge in [0.25, 0.3) is 0 Å². The summed E-state index contributed by atoms with van der Waals surface area (Å²) in [5.74, 6) is 0. The van der Waals surface area contributed by atoms with Gasteiger partial charge in [-0.25, -0.2) is 0 Å². The monoisotopic (exact) mass is 228 g/mol. The van der Waals surface area contributed by atoms with Crippen LogP contribution in [0.3, 0.4) is 0 Å². The Labute approximate surface area is 100 Å². The molecule has 0 aromatic carbocycles. The number of hydrogen-bond acceptors (Lipinski definition) is 3. The van der Waals surface area contributed by atoms with E-state index in [9.17, 15) is 5.11 Å². The smallest absolute Gasteiger partial charge is 0.0756 e. The normalized spacial score (nSPS) is 25.5. The predicted octanol–water partition coefficient (Wildman–Crippen LogP) is 1.74. The lowest BCUT2D eigenvalue weighted by atomic mass is 9.96. The van der Waals surface area contributed by atoms with Gasteiger partial charge in [0.15, 0.2) is 0 Å². The third-order valence-corrected chi connectivity index (χ3v) is 3.69. The lowest BCUT2D eigenvalue weighted by Gasteiger charge is -2.34. The molecule has 96 valence electrons. The SMILES string of the molecule is CC(CC(C)(O)CN)N1CCCCCCC1. The van der Waals surface area contributed by atoms with E-state index >= 15 is 0 Å². The van der Waals surface area contributed by atoms with Crippen molar-refractivity contribution in [2.45, 2.75) is 64.0 Å². The van der Waals surface area contributed by atoms with E-state index in [2.05, 4.69) is 11.8 Å². The van der Waals surface area contributed by atoms with Gasteiger partial charge in [-0.2, -0.15) is 0 Å². The summed E-state index contributed by atoms with van der Waals surface area (Å²) < 4.78 is 0. The van der Waals surface area contributed by atoms with Gasteiger partial charge in [-0.05, 0) is 46.2 Å². The topological polar surface area (TPSA) is 49.5 Å². The summed E-state index contributed by atoms with van der Waals surface area (Å²) in [7, 11) is 0. The lowest BCUT2D eigenvalue weighted by Crippen LogP contribution is -2.44. The fourth-order valence-electron chi connectivity index (χ4n) is 2.56. The maximum atomic E-state index is 10.00. The van der Waals surface area contributed by atoms with E-state index in [1.165, 1.54) is 45.2 Å². The van der Waals surface area contributed by atoms with Crippen molar-refractivity contribution in [3.05, 3.63) is 0 Å². The highest BCUT2D eigenvalue weighted by atomic mass is 16.3. The van der Waals surface area contributed by atoms with Crippen LogP contribution in [0.25, 0.3) is 0 Å². The molecule has 0 aliphatic carbocycles. The first-order valence-corrected chi connectivity index (χ1v) is 6.72. The molecular formula is C13H28N2O. The predicted molar refractivity (Wildman–Crippen MR) is 68.4 cm³/mol. The molecule has 0 radical (unpaired) electrons. The zero-order chi connectivity index (χ0) is 12.0. The maximum Gasteiger partial charge on any atom is 0.0756 e. The Bertz CT molecular complexity index is 186. The van der Waals surface area contributed by atoms with E-state index in [1.54, 1.807) is 0 Å². The fraction of sp³-hybridized carbons (Fsp3) is 1.00. The van der Waals surface area contributed by atoms with Crippen LogP contribution in [-0.4, -0.2) is 41.3 Å². The molecule has 0 bridgehead atoms. The van der Waals surface area contributed by atoms with Crippen LogP contribution in [0.15, 0.2) is 0 Å². The average Bonchev–Trinajstić information content (AvgIpc) is 2.16. The van der Waals surface area contributed by atoms with Gasteiger partial charge >= 0.3 is 0 Å². The van der Waals surface area contributed by atoms with Crippen LogP contribution < -0.4 is 5.73 Å². The summed E-state index contributed by atoms with van der Waals surface area (Å²) >= 11 is 0. The van der Waals surface area contributed by atoms with Crippen LogP contribution in [0.4, 0.5) is 0 Å². The minimum Gasteiger partial charge on any atom is -0.389 e. The van der Waals surface area contributed by atoms with Crippen molar-refractivity contribution in [1.29, 1.82) is 0 Å². The second-order valence-electron chi connectivity index (χ2n) is 5.56. The molecule has 16 heavy (non-hydrogen) atoms. The van der Waals surface area contributed by atoms with E-state index in [-0.39, 0.29) is 0 Å². The second kappa shape index (κ2) is 6.58. The van der Waals surface area contributed by atoms with Gasteiger partial charge in [0.05, 0.1) is 5.60 Å². The molecule has 1 aliphatic rings. The molecule has 1 heterocycles. The molecule has 1 fully saturated rings. The number of nitrogens with two attached hydrogens (primary N) is 1. The standard InChI is InChI=1S/C13H28N2O/c1-12(10-13(2,16)11-14)15-8-6-4-3-5-7-9-15/h12,16H,3-11,14H2,1-2H3. The molecule has 0 saturated carbocycles. The molecule has 0 spiro atoms. The molecule has 3 heteroatoms. The minimum atomic E-state index is -0.707. The highest BCUT2D eigenvalue weighted by Crippen LogP contribution is 2.18. The molecule has 3 nitrogen and oxygen atoms in total. The maximum absolute atomic E-state index is 10.00. The quantitative estimate of drug-likeness (QED) is 0.770. The van der Waals surface area contributed by atoms with Crippen LogP contribution in [0.5, 0.6) is 0 Å². The minimum absolute atomic E-state index is 0.352. The Hall–Kier alpha value is -0.120. The van der Waals surface area contributed by atoms with Crippen LogP contribution in [0.1, 0.15) is 52.4 Å². The van der Waals surface area contributed by atoms with Gasteiger partial charge in [-0.1, -0.05) is 19.3 Å². The molecule has 2 atom stereocenters. The molecule has 0 aromatic heterocycles. The van der Waals surface area contributed by atoms with Crippen molar-refractivity contribution in [2.75, 3.05) is 19.6 Å². The highest BCUT2D eigenvalue weighted by molar-refractivity contribution is 4.81. The summed E-state index contributed by atoms with van der Waals surface area (Å²) in [5, 5.41) is 10.00. The van der Waals surface area contributed by atoms with E-state index in [0.29, 0.717) is 12.6 Å². The van der Waals surface area contributed by atoms with Crippen LogP contribution in [0.2, 0.25) is 0 Å². The van der Waals surface area contributed by atoms with Crippen LogP contribution in [-0.2, 0) is 0 Å². The third-order valence-electron chi connectivity index (χ3n) is 3.69. The lowest BCUT2D eigenvalue weighted by molar-refractivity contribution is 0.0271. The van der Waals surface area contributed by atoms with Crippen LogP contribution in [0, 0.1) is 0 Å². The Morgan fingerprint density at radius 2 is 1.69 bits per heavy atom. The summed E-state index contributed by atoms with van der Waals surface area (Å²) in [6.07, 6.45) is 7.49. The molecule has 3 N–H and O–H groups in total. The summed E-state index contributed by atoms with van der Waals surface area (Å²) in [6.45, 7) is 6.77. The Balaban J connectivity index is 2.41. The molecule has 1 rings (SSSR count). The molecule has 0 aromatic rings. The number of nitrogens with zero attached hydrogens (tertiary/aromatic N) is 1. The summed E-state index contributed by atoms with van der Waals surface area (Å²) in [5.41, 5.74) is 4.86. The number of likely N-dealkylation sites (tertiary alicyclic amines) is 1. The van der Waals surface area contributed by atoms with Crippen molar-refractivity contribution in [1.82, 2.24) is 4.90 Å². The van der Waals surface area contributed by atoms with Crippen molar-refractivity contribution in [3.63, 3.8) is 0 Å². The van der Waals surface area contributed by atoms with Crippen molar-refractivity contribution < 1.29 is 5.11 Å². The zero-order valence-corrected chi connectivity index (χ0v) is 10.9. The molecule has 1 aliphatic heterocycles.